The first kappa shape index (κ1) is 16.7. The minimum Gasteiger partial charge on any atom is -0.481 e. The van der Waals surface area contributed by atoms with Crippen LogP contribution < -0.4 is 0 Å². The molecule has 1 fully saturated rings. The number of likely N-dealkylation sites (tertiary alicyclic amines) is 1. The number of aromatic nitrogens is 1. The maximum absolute atomic E-state index is 11.5. The molecule has 1 aliphatic heterocycles. The summed E-state index contributed by atoms with van der Waals surface area (Å²) in [6.07, 6.45) is 1.67. The molecule has 2 aromatic rings. The fourth-order valence-corrected chi connectivity index (χ4v) is 3.48. The van der Waals surface area contributed by atoms with Gasteiger partial charge in [0.15, 0.2) is 0 Å². The number of rotatable bonds is 4. The van der Waals surface area contributed by atoms with Crippen molar-refractivity contribution in [1.82, 2.24) is 9.88 Å². The number of aryl methyl sites for hydroxylation is 2. The van der Waals surface area contributed by atoms with Gasteiger partial charge in [0, 0.05) is 12.2 Å². The lowest BCUT2D eigenvalue weighted by Gasteiger charge is -2.37. The predicted molar refractivity (Wildman–Crippen MR) is 93.9 cm³/mol. The van der Waals surface area contributed by atoms with Crippen LogP contribution in [0.15, 0.2) is 42.5 Å². The number of benzene rings is 1. The van der Waals surface area contributed by atoms with Gasteiger partial charge in [-0.3, -0.25) is 14.7 Å². The van der Waals surface area contributed by atoms with E-state index in [9.17, 15) is 9.90 Å². The third-order valence-electron chi connectivity index (χ3n) is 4.75. The molecule has 1 N–H and O–H groups in total. The molecule has 0 aliphatic carbocycles. The van der Waals surface area contributed by atoms with E-state index in [1.807, 2.05) is 25.1 Å². The van der Waals surface area contributed by atoms with Crippen molar-refractivity contribution in [3.63, 3.8) is 0 Å². The molecule has 0 spiro atoms. The summed E-state index contributed by atoms with van der Waals surface area (Å²) in [4.78, 5) is 18.5. The number of carbonyl (C=O) groups is 1. The lowest BCUT2D eigenvalue weighted by atomic mass is 9.93. The van der Waals surface area contributed by atoms with Gasteiger partial charge in [-0.25, -0.2) is 0 Å². The van der Waals surface area contributed by atoms with Gasteiger partial charge in [0.05, 0.1) is 17.7 Å². The minimum atomic E-state index is -0.695. The largest absolute Gasteiger partial charge is 0.481 e. The number of piperidine rings is 1. The first-order chi connectivity index (χ1) is 11.5. The number of pyridine rings is 1. The molecule has 126 valence electrons. The molecule has 1 saturated heterocycles. The van der Waals surface area contributed by atoms with Crippen molar-refractivity contribution in [3.8, 4) is 0 Å². The highest BCUT2D eigenvalue weighted by atomic mass is 16.4. The van der Waals surface area contributed by atoms with Gasteiger partial charge >= 0.3 is 5.97 Å². The Morgan fingerprint density at radius 1 is 1.21 bits per heavy atom. The number of carboxylic acids is 1. The number of aliphatic carboxylic acids is 1. The Hall–Kier alpha value is -2.20. The van der Waals surface area contributed by atoms with E-state index in [0.29, 0.717) is 6.54 Å². The Morgan fingerprint density at radius 2 is 1.96 bits per heavy atom. The highest BCUT2D eigenvalue weighted by molar-refractivity contribution is 5.70. The number of hydrogen-bond donors (Lipinski definition) is 1. The van der Waals surface area contributed by atoms with Crippen LogP contribution in [-0.2, 0) is 4.79 Å². The van der Waals surface area contributed by atoms with Crippen LogP contribution >= 0.6 is 0 Å². The second kappa shape index (κ2) is 7.14. The summed E-state index contributed by atoms with van der Waals surface area (Å²) in [7, 11) is 0. The summed E-state index contributed by atoms with van der Waals surface area (Å²) in [5, 5.41) is 9.42. The van der Waals surface area contributed by atoms with Gasteiger partial charge in [-0.2, -0.15) is 0 Å². The number of nitrogens with zero attached hydrogens (tertiary/aromatic N) is 2. The van der Waals surface area contributed by atoms with Crippen molar-refractivity contribution in [3.05, 3.63) is 65.0 Å². The molecule has 4 nitrogen and oxygen atoms in total. The third-order valence-corrected chi connectivity index (χ3v) is 4.75. The molecule has 0 saturated carbocycles. The van der Waals surface area contributed by atoms with Crippen LogP contribution in [0.3, 0.4) is 0 Å². The zero-order valence-corrected chi connectivity index (χ0v) is 14.3. The van der Waals surface area contributed by atoms with Crippen LogP contribution in [0.4, 0.5) is 0 Å². The van der Waals surface area contributed by atoms with Gasteiger partial charge in [-0.05, 0) is 50.9 Å². The Balaban J connectivity index is 1.98. The molecule has 1 aliphatic rings. The molecule has 0 radical (unpaired) electrons. The van der Waals surface area contributed by atoms with Gasteiger partial charge in [0.25, 0.3) is 0 Å². The Labute approximate surface area is 143 Å². The normalized spacial score (nSPS) is 19.8. The van der Waals surface area contributed by atoms with Crippen LogP contribution in [-0.4, -0.2) is 34.0 Å². The van der Waals surface area contributed by atoms with Crippen LogP contribution in [0, 0.1) is 19.8 Å². The molecule has 2 heterocycles. The van der Waals surface area contributed by atoms with Crippen LogP contribution in [0.5, 0.6) is 0 Å². The molecule has 24 heavy (non-hydrogen) atoms. The van der Waals surface area contributed by atoms with E-state index in [1.165, 1.54) is 11.1 Å². The maximum atomic E-state index is 11.5. The molecule has 0 bridgehead atoms. The molecule has 2 unspecified atom stereocenters. The van der Waals surface area contributed by atoms with Crippen molar-refractivity contribution in [2.24, 2.45) is 5.92 Å². The molecule has 1 aromatic carbocycles. The van der Waals surface area contributed by atoms with E-state index in [4.69, 9.17) is 4.98 Å². The summed E-state index contributed by atoms with van der Waals surface area (Å²) in [5.74, 6) is -0.990. The summed E-state index contributed by atoms with van der Waals surface area (Å²) < 4.78 is 0. The average molecular weight is 324 g/mol. The van der Waals surface area contributed by atoms with E-state index in [1.54, 1.807) is 0 Å². The highest BCUT2D eigenvalue weighted by Crippen LogP contribution is 2.32. The minimum absolute atomic E-state index is 0.00708. The lowest BCUT2D eigenvalue weighted by molar-refractivity contribution is -0.143. The van der Waals surface area contributed by atoms with Crippen LogP contribution in [0.25, 0.3) is 0 Å². The topological polar surface area (TPSA) is 53.4 Å². The molecule has 1 aromatic heterocycles. The third kappa shape index (κ3) is 3.65. The Bertz CT molecular complexity index is 712. The van der Waals surface area contributed by atoms with E-state index in [0.717, 1.165) is 30.8 Å². The summed E-state index contributed by atoms with van der Waals surface area (Å²) in [6, 6.07) is 14.6. The second-order valence-electron chi connectivity index (χ2n) is 6.69. The first-order valence-electron chi connectivity index (χ1n) is 8.51. The Kier molecular flexibility index (Phi) is 4.95. The maximum Gasteiger partial charge on any atom is 0.307 e. The molecular weight excluding hydrogens is 300 g/mol. The van der Waals surface area contributed by atoms with Crippen molar-refractivity contribution in [2.45, 2.75) is 32.7 Å². The highest BCUT2D eigenvalue weighted by Gasteiger charge is 2.31. The van der Waals surface area contributed by atoms with Crippen molar-refractivity contribution < 1.29 is 9.90 Å². The van der Waals surface area contributed by atoms with Gasteiger partial charge in [-0.1, -0.05) is 35.9 Å². The quantitative estimate of drug-likeness (QED) is 0.934. The van der Waals surface area contributed by atoms with Crippen molar-refractivity contribution in [2.75, 3.05) is 13.1 Å². The second-order valence-corrected chi connectivity index (χ2v) is 6.69. The molecular formula is C20H24N2O2. The molecule has 3 rings (SSSR count). The van der Waals surface area contributed by atoms with Gasteiger partial charge in [-0.15, -0.1) is 0 Å². The van der Waals surface area contributed by atoms with Gasteiger partial charge in [0.2, 0.25) is 0 Å². The summed E-state index contributed by atoms with van der Waals surface area (Å²) >= 11 is 0. The zero-order chi connectivity index (χ0) is 17.1. The SMILES string of the molecule is Cc1ccc(C(c2cccc(C)n2)N2CCCC(C(=O)O)C2)cc1. The molecule has 2 atom stereocenters. The lowest BCUT2D eigenvalue weighted by Crippen LogP contribution is -2.41. The van der Waals surface area contributed by atoms with E-state index < -0.39 is 5.97 Å². The standard InChI is InChI=1S/C20H24N2O2/c1-14-8-10-16(11-9-14)19(18-7-3-5-15(2)21-18)22-12-4-6-17(13-22)20(23)24/h3,5,7-11,17,19H,4,6,12-13H2,1-2H3,(H,23,24). The molecule has 0 amide bonds. The number of hydrogen-bond acceptors (Lipinski definition) is 3. The average Bonchev–Trinajstić information content (AvgIpc) is 2.57. The first-order valence-corrected chi connectivity index (χ1v) is 8.51. The predicted octanol–water partition coefficient (Wildman–Crippen LogP) is 3.58. The fraction of sp³-hybridized carbons (Fsp3) is 0.400. The van der Waals surface area contributed by atoms with Gasteiger partial charge in [0.1, 0.15) is 0 Å². The van der Waals surface area contributed by atoms with Crippen LogP contribution in [0.1, 0.15) is 41.4 Å². The monoisotopic (exact) mass is 324 g/mol. The van der Waals surface area contributed by atoms with E-state index in [-0.39, 0.29) is 12.0 Å². The molecule has 4 heteroatoms. The van der Waals surface area contributed by atoms with Crippen molar-refractivity contribution >= 4 is 5.97 Å². The van der Waals surface area contributed by atoms with Crippen LogP contribution in [0.2, 0.25) is 0 Å². The van der Waals surface area contributed by atoms with Crippen molar-refractivity contribution in [1.29, 1.82) is 0 Å². The summed E-state index contributed by atoms with van der Waals surface area (Å²) in [6.45, 7) is 5.54. The fourth-order valence-electron chi connectivity index (χ4n) is 3.48. The smallest absolute Gasteiger partial charge is 0.307 e. The Morgan fingerprint density at radius 3 is 2.62 bits per heavy atom. The summed E-state index contributed by atoms with van der Waals surface area (Å²) in [5.41, 5.74) is 4.36. The number of carboxylic acid groups (broad SMARTS) is 1. The van der Waals surface area contributed by atoms with Gasteiger partial charge < -0.3 is 5.11 Å². The van der Waals surface area contributed by atoms with E-state index in [2.05, 4.69) is 36.1 Å². The zero-order valence-electron chi connectivity index (χ0n) is 14.3. The van der Waals surface area contributed by atoms with E-state index >= 15 is 0 Å².